The van der Waals surface area contributed by atoms with E-state index in [1.54, 1.807) is 18.6 Å². The fourth-order valence-corrected chi connectivity index (χ4v) is 1.97. The minimum atomic E-state index is -0.849. The third kappa shape index (κ3) is 5.19. The van der Waals surface area contributed by atoms with Crippen molar-refractivity contribution >= 4 is 0 Å². The smallest absolute Gasteiger partial charge is 0.123 e. The van der Waals surface area contributed by atoms with Crippen LogP contribution in [0.15, 0.2) is 24.3 Å². The van der Waals surface area contributed by atoms with Crippen molar-refractivity contribution in [1.29, 1.82) is 0 Å². The van der Waals surface area contributed by atoms with Crippen molar-refractivity contribution in [2.75, 3.05) is 0 Å². The van der Waals surface area contributed by atoms with E-state index in [2.05, 4.69) is 24.5 Å². The van der Waals surface area contributed by atoms with E-state index in [0.29, 0.717) is 6.42 Å². The van der Waals surface area contributed by atoms with Gasteiger partial charge in [0.25, 0.3) is 0 Å². The van der Waals surface area contributed by atoms with E-state index in [-0.39, 0.29) is 0 Å². The minimum absolute atomic E-state index is 0.650. The highest BCUT2D eigenvalue weighted by Crippen LogP contribution is 2.25. The molecule has 1 heteroatoms. The van der Waals surface area contributed by atoms with Crippen LogP contribution in [0.2, 0.25) is 0 Å². The summed E-state index contributed by atoms with van der Waals surface area (Å²) in [6, 6.07) is 0. The third-order valence-corrected chi connectivity index (χ3v) is 2.91. The molecule has 0 aliphatic heterocycles. The normalized spacial score (nSPS) is 18.5. The summed E-state index contributed by atoms with van der Waals surface area (Å²) in [6.07, 6.45) is 11.5. The van der Waals surface area contributed by atoms with Gasteiger partial charge in [-0.15, -0.1) is 6.58 Å². The molecule has 1 nitrogen and oxygen atoms in total. The Morgan fingerprint density at radius 2 is 2.12 bits per heavy atom. The fourth-order valence-electron chi connectivity index (χ4n) is 1.97. The fraction of sp³-hybridized carbons (Fsp3) is 0.600. The van der Waals surface area contributed by atoms with Crippen molar-refractivity contribution in [1.82, 2.24) is 0 Å². The lowest BCUT2D eigenvalue weighted by Gasteiger charge is -2.14. The van der Waals surface area contributed by atoms with Gasteiger partial charge in [-0.2, -0.15) is 0 Å². The van der Waals surface area contributed by atoms with Crippen LogP contribution in [0, 0.1) is 11.8 Å². The predicted octanol–water partition coefficient (Wildman–Crippen LogP) is 3.60. The summed E-state index contributed by atoms with van der Waals surface area (Å²) in [5.41, 5.74) is 0.716. The second kappa shape index (κ2) is 6.55. The molecule has 1 atom stereocenters. The zero-order valence-electron chi connectivity index (χ0n) is 10.3. The van der Waals surface area contributed by atoms with Gasteiger partial charge in [-0.1, -0.05) is 29.6 Å². The second-order valence-corrected chi connectivity index (χ2v) is 4.68. The molecule has 88 valence electrons. The second-order valence-electron chi connectivity index (χ2n) is 4.68. The molecule has 1 fully saturated rings. The molecule has 1 rings (SSSR count). The van der Waals surface area contributed by atoms with Gasteiger partial charge in [-0.05, 0) is 45.4 Å². The van der Waals surface area contributed by atoms with Crippen molar-refractivity contribution < 1.29 is 5.11 Å². The summed E-state index contributed by atoms with van der Waals surface area (Å²) in [5.74, 6) is 5.81. The Morgan fingerprint density at radius 3 is 2.75 bits per heavy atom. The Balaban J connectivity index is 2.32. The first kappa shape index (κ1) is 13.1. The van der Waals surface area contributed by atoms with Crippen molar-refractivity contribution in [2.24, 2.45) is 0 Å². The maximum Gasteiger partial charge on any atom is 0.123 e. The molecule has 0 amide bonds. The summed E-state index contributed by atoms with van der Waals surface area (Å²) in [7, 11) is 0. The van der Waals surface area contributed by atoms with Gasteiger partial charge in [0, 0.05) is 6.42 Å². The molecule has 1 aliphatic rings. The molecule has 0 saturated heterocycles. The number of rotatable bonds is 4. The highest BCUT2D eigenvalue weighted by molar-refractivity contribution is 5.14. The number of aliphatic hydroxyl groups is 1. The topological polar surface area (TPSA) is 20.2 Å². The Bertz CT molecular complexity index is 304. The zero-order valence-corrected chi connectivity index (χ0v) is 10.3. The number of allylic oxidation sites excluding steroid dienone is 3. The molecule has 0 bridgehead atoms. The Morgan fingerprint density at radius 1 is 1.44 bits per heavy atom. The maximum absolute atomic E-state index is 9.98. The molecule has 1 N–H and O–H groups in total. The molecule has 0 aromatic rings. The van der Waals surface area contributed by atoms with Crippen LogP contribution >= 0.6 is 0 Å². The highest BCUT2D eigenvalue weighted by Gasteiger charge is 2.15. The van der Waals surface area contributed by atoms with Crippen molar-refractivity contribution in [2.45, 2.75) is 57.5 Å². The first-order chi connectivity index (χ1) is 7.64. The quantitative estimate of drug-likeness (QED) is 0.564. The van der Waals surface area contributed by atoms with Crippen molar-refractivity contribution in [3.8, 4) is 11.8 Å². The SMILES string of the molecule is C=CCC#CC(C)(O)CCC=C1CCCC1. The lowest BCUT2D eigenvalue weighted by molar-refractivity contribution is 0.113. The maximum atomic E-state index is 9.98. The van der Waals surface area contributed by atoms with Gasteiger partial charge in [-0.25, -0.2) is 0 Å². The van der Waals surface area contributed by atoms with Gasteiger partial charge in [0.15, 0.2) is 0 Å². The van der Waals surface area contributed by atoms with Crippen molar-refractivity contribution in [3.63, 3.8) is 0 Å². The molecule has 0 aromatic carbocycles. The van der Waals surface area contributed by atoms with Crippen LogP contribution in [0.4, 0.5) is 0 Å². The average molecular weight is 218 g/mol. The average Bonchev–Trinajstić information content (AvgIpc) is 2.70. The van der Waals surface area contributed by atoms with Crippen molar-refractivity contribution in [3.05, 3.63) is 24.3 Å². The van der Waals surface area contributed by atoms with Gasteiger partial charge in [0.05, 0.1) is 0 Å². The van der Waals surface area contributed by atoms with E-state index in [1.807, 2.05) is 0 Å². The van der Waals surface area contributed by atoms with Gasteiger partial charge in [0.1, 0.15) is 5.60 Å². The van der Waals surface area contributed by atoms with Crippen LogP contribution in [-0.2, 0) is 0 Å². The molecular formula is C15H22O. The highest BCUT2D eigenvalue weighted by atomic mass is 16.3. The van der Waals surface area contributed by atoms with Gasteiger partial charge < -0.3 is 5.11 Å². The van der Waals surface area contributed by atoms with Crippen LogP contribution in [0.3, 0.4) is 0 Å². The van der Waals surface area contributed by atoms with Crippen LogP contribution in [0.5, 0.6) is 0 Å². The number of hydrogen-bond acceptors (Lipinski definition) is 1. The van der Waals surface area contributed by atoms with E-state index in [1.165, 1.54) is 25.7 Å². The molecule has 1 saturated carbocycles. The molecule has 1 aliphatic carbocycles. The lowest BCUT2D eigenvalue weighted by Crippen LogP contribution is -2.20. The summed E-state index contributed by atoms with van der Waals surface area (Å²) < 4.78 is 0. The lowest BCUT2D eigenvalue weighted by atomic mass is 9.99. The molecule has 0 spiro atoms. The van der Waals surface area contributed by atoms with Crippen LogP contribution in [0.1, 0.15) is 51.9 Å². The van der Waals surface area contributed by atoms with E-state index in [9.17, 15) is 5.11 Å². The van der Waals surface area contributed by atoms with E-state index in [0.717, 1.165) is 12.8 Å². The largest absolute Gasteiger partial charge is 0.378 e. The third-order valence-electron chi connectivity index (χ3n) is 2.91. The molecule has 1 unspecified atom stereocenters. The molecule has 0 radical (unpaired) electrons. The van der Waals surface area contributed by atoms with Crippen LogP contribution in [-0.4, -0.2) is 10.7 Å². The Labute approximate surface area is 99.3 Å². The van der Waals surface area contributed by atoms with E-state index < -0.39 is 5.60 Å². The zero-order chi connectivity index (χ0) is 11.9. The van der Waals surface area contributed by atoms with Crippen LogP contribution < -0.4 is 0 Å². The summed E-state index contributed by atoms with van der Waals surface area (Å²) >= 11 is 0. The first-order valence-corrected chi connectivity index (χ1v) is 6.15. The molecule has 0 aromatic heterocycles. The Hall–Kier alpha value is -1.00. The summed E-state index contributed by atoms with van der Waals surface area (Å²) in [5, 5.41) is 9.98. The van der Waals surface area contributed by atoms with E-state index >= 15 is 0 Å². The van der Waals surface area contributed by atoms with Crippen LogP contribution in [0.25, 0.3) is 0 Å². The molecular weight excluding hydrogens is 196 g/mol. The monoisotopic (exact) mass is 218 g/mol. The number of hydrogen-bond donors (Lipinski definition) is 1. The van der Waals surface area contributed by atoms with Gasteiger partial charge in [-0.3, -0.25) is 0 Å². The Kier molecular flexibility index (Phi) is 5.35. The standard InChI is InChI=1S/C15H22O/c1-3-4-7-12-15(2,16)13-8-11-14-9-5-6-10-14/h3,11,16H,1,4-6,8-10,13H2,2H3. The minimum Gasteiger partial charge on any atom is -0.378 e. The first-order valence-electron chi connectivity index (χ1n) is 6.15. The predicted molar refractivity (Wildman–Crippen MR) is 69.0 cm³/mol. The molecule has 0 heterocycles. The van der Waals surface area contributed by atoms with Gasteiger partial charge in [0.2, 0.25) is 0 Å². The molecule has 16 heavy (non-hydrogen) atoms. The summed E-state index contributed by atoms with van der Waals surface area (Å²) in [6.45, 7) is 5.39. The van der Waals surface area contributed by atoms with E-state index in [4.69, 9.17) is 0 Å². The summed E-state index contributed by atoms with van der Waals surface area (Å²) in [4.78, 5) is 0. The van der Waals surface area contributed by atoms with Gasteiger partial charge >= 0.3 is 0 Å².